The Bertz CT molecular complexity index is 307. The average Bonchev–Trinajstić information content (AvgIpc) is 2.10. The highest BCUT2D eigenvalue weighted by Gasteiger charge is 2.07. The number of benzene rings is 1. The number of rotatable bonds is 3. The Kier molecular flexibility index (Phi) is 3.51. The van der Waals surface area contributed by atoms with Crippen molar-refractivity contribution >= 4 is 29.9 Å². The van der Waals surface area contributed by atoms with Gasteiger partial charge in [0.2, 0.25) is 0 Å². The number of hydrogen-bond donors (Lipinski definition) is 0. The molecule has 0 aliphatic heterocycles. The third-order valence-electron chi connectivity index (χ3n) is 1.37. The molecule has 0 unspecified atom stereocenters. The highest BCUT2D eigenvalue weighted by atomic mass is 35.5. The van der Waals surface area contributed by atoms with Crippen LogP contribution in [0.5, 0.6) is 0 Å². The molecule has 0 spiro atoms. The van der Waals surface area contributed by atoms with Crippen LogP contribution in [0.4, 0.5) is 4.39 Å². The summed E-state index contributed by atoms with van der Waals surface area (Å²) in [5, 5.41) is 3.12. The molecule has 0 amide bonds. The molecular formula is C8H6Cl2FNO. The summed E-state index contributed by atoms with van der Waals surface area (Å²) in [5.74, 6) is -0.626. The molecule has 0 aliphatic carbocycles. The minimum Gasteiger partial charge on any atom is -0.391 e. The fraction of sp³-hybridized carbons (Fsp3) is 0.125. The Balaban J connectivity index is 2.92. The van der Waals surface area contributed by atoms with Gasteiger partial charge in [0.05, 0.1) is 10.0 Å². The van der Waals surface area contributed by atoms with Crippen LogP contribution in [-0.2, 0) is 11.4 Å². The number of hydrogen-bond acceptors (Lipinski definition) is 2. The van der Waals surface area contributed by atoms with Crippen LogP contribution in [0.2, 0.25) is 10.0 Å². The van der Waals surface area contributed by atoms with E-state index in [1.165, 1.54) is 12.1 Å². The highest BCUT2D eigenvalue weighted by molar-refractivity contribution is 6.34. The molecule has 1 aromatic carbocycles. The van der Waals surface area contributed by atoms with Crippen molar-refractivity contribution in [1.29, 1.82) is 0 Å². The van der Waals surface area contributed by atoms with Crippen molar-refractivity contribution in [1.82, 2.24) is 0 Å². The monoisotopic (exact) mass is 221 g/mol. The standard InChI is InChI=1S/C8H6Cl2FNO/c1-12-13-4-5-2-6(9)8(11)7(10)3-5/h2-3H,1,4H2. The summed E-state index contributed by atoms with van der Waals surface area (Å²) in [4.78, 5) is 4.64. The molecule has 1 aromatic rings. The van der Waals surface area contributed by atoms with E-state index in [0.717, 1.165) is 0 Å². The van der Waals surface area contributed by atoms with Crippen LogP contribution in [0.1, 0.15) is 5.56 Å². The van der Waals surface area contributed by atoms with Crippen molar-refractivity contribution in [3.05, 3.63) is 33.6 Å². The Hall–Kier alpha value is -0.800. The Morgan fingerprint density at radius 2 is 1.92 bits per heavy atom. The molecule has 1 rings (SSSR count). The van der Waals surface area contributed by atoms with Gasteiger partial charge in [0.15, 0.2) is 5.82 Å². The third-order valence-corrected chi connectivity index (χ3v) is 1.92. The van der Waals surface area contributed by atoms with E-state index in [0.29, 0.717) is 5.56 Å². The predicted molar refractivity (Wildman–Crippen MR) is 50.8 cm³/mol. The minimum absolute atomic E-state index is 0.0323. The Labute approximate surface area is 84.9 Å². The maximum Gasteiger partial charge on any atom is 0.160 e. The van der Waals surface area contributed by atoms with Crippen molar-refractivity contribution in [2.75, 3.05) is 0 Å². The van der Waals surface area contributed by atoms with Gasteiger partial charge in [0.1, 0.15) is 6.61 Å². The van der Waals surface area contributed by atoms with E-state index in [9.17, 15) is 4.39 Å². The average molecular weight is 222 g/mol. The normalized spacial score (nSPS) is 9.77. The fourth-order valence-corrected chi connectivity index (χ4v) is 1.34. The molecule has 0 radical (unpaired) electrons. The molecule has 0 fully saturated rings. The first-order chi connectivity index (χ1) is 6.15. The van der Waals surface area contributed by atoms with Gasteiger partial charge >= 0.3 is 0 Å². The van der Waals surface area contributed by atoms with Crippen molar-refractivity contribution in [3.63, 3.8) is 0 Å². The van der Waals surface area contributed by atoms with E-state index in [-0.39, 0.29) is 16.7 Å². The summed E-state index contributed by atoms with van der Waals surface area (Å²) in [7, 11) is 0. The van der Waals surface area contributed by atoms with Crippen molar-refractivity contribution < 1.29 is 9.23 Å². The molecule has 0 bridgehead atoms. The summed E-state index contributed by atoms with van der Waals surface area (Å²) < 4.78 is 12.9. The molecule has 0 atom stereocenters. The SMILES string of the molecule is C=NOCc1cc(Cl)c(F)c(Cl)c1. The van der Waals surface area contributed by atoms with E-state index in [1.807, 2.05) is 0 Å². The highest BCUT2D eigenvalue weighted by Crippen LogP contribution is 2.24. The summed E-state index contributed by atoms with van der Waals surface area (Å²) in [6, 6.07) is 2.85. The van der Waals surface area contributed by atoms with Crippen LogP contribution in [0.15, 0.2) is 17.3 Å². The summed E-state index contributed by atoms with van der Waals surface area (Å²) in [6.45, 7) is 3.30. The first-order valence-electron chi connectivity index (χ1n) is 3.36. The maximum atomic E-state index is 12.9. The van der Waals surface area contributed by atoms with Crippen LogP contribution >= 0.6 is 23.2 Å². The Morgan fingerprint density at radius 1 is 1.38 bits per heavy atom. The lowest BCUT2D eigenvalue weighted by atomic mass is 10.2. The van der Waals surface area contributed by atoms with Crippen molar-refractivity contribution in [2.45, 2.75) is 6.61 Å². The molecule has 0 saturated heterocycles. The number of nitrogens with zero attached hydrogens (tertiary/aromatic N) is 1. The van der Waals surface area contributed by atoms with Gasteiger partial charge in [-0.2, -0.15) is 0 Å². The van der Waals surface area contributed by atoms with Gasteiger partial charge in [-0.3, -0.25) is 0 Å². The van der Waals surface area contributed by atoms with Gasteiger partial charge in [0, 0.05) is 6.72 Å². The minimum atomic E-state index is -0.626. The van der Waals surface area contributed by atoms with Crippen molar-refractivity contribution in [2.24, 2.45) is 5.16 Å². The molecule has 13 heavy (non-hydrogen) atoms. The molecule has 0 heterocycles. The molecular weight excluding hydrogens is 216 g/mol. The summed E-state index contributed by atoms with van der Waals surface area (Å²) in [6.07, 6.45) is 0. The fourth-order valence-electron chi connectivity index (χ4n) is 0.812. The zero-order chi connectivity index (χ0) is 9.84. The van der Waals surface area contributed by atoms with E-state index < -0.39 is 5.82 Å². The molecule has 0 aliphatic rings. The van der Waals surface area contributed by atoms with Crippen LogP contribution in [0.25, 0.3) is 0 Å². The second-order valence-corrected chi connectivity index (χ2v) is 3.09. The van der Waals surface area contributed by atoms with E-state index in [2.05, 4.69) is 16.7 Å². The van der Waals surface area contributed by atoms with Crippen LogP contribution < -0.4 is 0 Å². The zero-order valence-electron chi connectivity index (χ0n) is 6.56. The molecule has 70 valence electrons. The third kappa shape index (κ3) is 2.57. The van der Waals surface area contributed by atoms with E-state index >= 15 is 0 Å². The van der Waals surface area contributed by atoms with Crippen LogP contribution in [0.3, 0.4) is 0 Å². The molecule has 0 saturated carbocycles. The lowest BCUT2D eigenvalue weighted by Crippen LogP contribution is -1.89. The summed E-state index contributed by atoms with van der Waals surface area (Å²) in [5.41, 5.74) is 0.642. The summed E-state index contributed by atoms with van der Waals surface area (Å²) >= 11 is 11.1. The lowest BCUT2D eigenvalue weighted by Gasteiger charge is -2.02. The first kappa shape index (κ1) is 10.3. The van der Waals surface area contributed by atoms with Gasteiger partial charge < -0.3 is 4.84 Å². The van der Waals surface area contributed by atoms with Gasteiger partial charge in [-0.05, 0) is 17.7 Å². The van der Waals surface area contributed by atoms with Crippen LogP contribution in [0, 0.1) is 5.82 Å². The molecule has 0 aromatic heterocycles. The second-order valence-electron chi connectivity index (χ2n) is 2.28. The smallest absolute Gasteiger partial charge is 0.160 e. The number of oxime groups is 1. The Morgan fingerprint density at radius 3 is 2.38 bits per heavy atom. The maximum absolute atomic E-state index is 12.9. The topological polar surface area (TPSA) is 21.6 Å². The quantitative estimate of drug-likeness (QED) is 0.437. The van der Waals surface area contributed by atoms with Gasteiger partial charge in [-0.25, -0.2) is 4.39 Å². The van der Waals surface area contributed by atoms with Crippen LogP contribution in [-0.4, -0.2) is 6.72 Å². The predicted octanol–water partition coefficient (Wildman–Crippen LogP) is 3.26. The number of halogens is 3. The zero-order valence-corrected chi connectivity index (χ0v) is 8.07. The second kappa shape index (κ2) is 4.44. The molecule has 2 nitrogen and oxygen atoms in total. The van der Waals surface area contributed by atoms with Gasteiger partial charge in [-0.15, -0.1) is 5.16 Å². The largest absolute Gasteiger partial charge is 0.391 e. The lowest BCUT2D eigenvalue weighted by molar-refractivity contribution is 0.133. The first-order valence-corrected chi connectivity index (χ1v) is 4.12. The van der Waals surface area contributed by atoms with Gasteiger partial charge in [0.25, 0.3) is 0 Å². The van der Waals surface area contributed by atoms with E-state index in [4.69, 9.17) is 23.2 Å². The van der Waals surface area contributed by atoms with E-state index in [1.54, 1.807) is 0 Å². The molecule has 5 heteroatoms. The van der Waals surface area contributed by atoms with Crippen molar-refractivity contribution in [3.8, 4) is 0 Å². The molecule has 0 N–H and O–H groups in total. The van der Waals surface area contributed by atoms with Gasteiger partial charge in [-0.1, -0.05) is 23.2 Å².